The molecule has 0 fully saturated rings. The van der Waals surface area contributed by atoms with E-state index in [9.17, 15) is 0 Å². The second-order valence-corrected chi connectivity index (χ2v) is 2.51. The van der Waals surface area contributed by atoms with Gasteiger partial charge in [0.05, 0.1) is 6.20 Å². The molecule has 0 spiro atoms. The molecule has 0 aliphatic heterocycles. The van der Waals surface area contributed by atoms with Crippen molar-refractivity contribution in [3.8, 4) is 0 Å². The molecule has 0 saturated carbocycles. The van der Waals surface area contributed by atoms with E-state index in [1.807, 2.05) is 36.8 Å². The molecule has 2 heterocycles. The summed E-state index contributed by atoms with van der Waals surface area (Å²) in [6.45, 7) is 0. The van der Waals surface area contributed by atoms with Crippen molar-refractivity contribution in [1.82, 2.24) is 15.2 Å². The quantitative estimate of drug-likeness (QED) is 0.690. The Morgan fingerprint density at radius 3 is 2.75 bits per heavy atom. The van der Waals surface area contributed by atoms with E-state index >= 15 is 0 Å². The van der Waals surface area contributed by atoms with Crippen LogP contribution in [0.4, 0.5) is 0 Å². The van der Waals surface area contributed by atoms with Crippen molar-refractivity contribution >= 4 is 12.2 Å². The zero-order chi connectivity index (χ0) is 8.23. The van der Waals surface area contributed by atoms with Crippen LogP contribution in [0.5, 0.6) is 0 Å². The lowest BCUT2D eigenvalue weighted by Gasteiger charge is -1.81. The molecule has 0 amide bonds. The van der Waals surface area contributed by atoms with Crippen LogP contribution in [0.2, 0.25) is 0 Å². The van der Waals surface area contributed by atoms with Gasteiger partial charge in [-0.05, 0) is 11.6 Å². The van der Waals surface area contributed by atoms with Crippen molar-refractivity contribution in [2.75, 3.05) is 0 Å². The van der Waals surface area contributed by atoms with Crippen LogP contribution in [0, 0.1) is 0 Å². The summed E-state index contributed by atoms with van der Waals surface area (Å²) in [6.07, 6.45) is 11.5. The van der Waals surface area contributed by atoms with Crippen LogP contribution in [0.25, 0.3) is 12.2 Å². The Morgan fingerprint density at radius 2 is 2.08 bits per heavy atom. The maximum Gasteiger partial charge on any atom is 0.0559 e. The van der Waals surface area contributed by atoms with Gasteiger partial charge in [0.15, 0.2) is 0 Å². The fourth-order valence-electron chi connectivity index (χ4n) is 0.985. The molecular formula is C9H9N3. The lowest BCUT2D eigenvalue weighted by Crippen LogP contribution is -1.62. The highest BCUT2D eigenvalue weighted by Gasteiger charge is 1.86. The summed E-state index contributed by atoms with van der Waals surface area (Å²) in [7, 11) is 0. The minimum atomic E-state index is 1.08. The molecule has 0 unspecified atom stereocenters. The third-order valence-corrected chi connectivity index (χ3v) is 1.61. The van der Waals surface area contributed by atoms with Crippen LogP contribution >= 0.6 is 0 Å². The number of nitrogens with one attached hydrogen (secondary N) is 2. The first kappa shape index (κ1) is 6.91. The first-order valence-electron chi connectivity index (χ1n) is 3.75. The first-order valence-corrected chi connectivity index (χ1v) is 3.75. The minimum absolute atomic E-state index is 1.08. The van der Waals surface area contributed by atoms with Gasteiger partial charge in [0.2, 0.25) is 0 Å². The normalized spacial score (nSPS) is 11.0. The summed E-state index contributed by atoms with van der Waals surface area (Å²) in [5.74, 6) is 0. The summed E-state index contributed by atoms with van der Waals surface area (Å²) in [5, 5.41) is 6.59. The lowest BCUT2D eigenvalue weighted by molar-refractivity contribution is 1.09. The molecule has 0 bridgehead atoms. The molecule has 0 aromatic carbocycles. The van der Waals surface area contributed by atoms with E-state index in [2.05, 4.69) is 15.2 Å². The third-order valence-electron chi connectivity index (χ3n) is 1.61. The zero-order valence-electron chi connectivity index (χ0n) is 6.49. The number of rotatable bonds is 2. The molecule has 0 radical (unpaired) electrons. The van der Waals surface area contributed by atoms with Crippen molar-refractivity contribution < 1.29 is 0 Å². The number of H-pyrrole nitrogens is 2. The van der Waals surface area contributed by atoms with Gasteiger partial charge in [0.1, 0.15) is 0 Å². The van der Waals surface area contributed by atoms with Gasteiger partial charge in [-0.3, -0.25) is 5.10 Å². The van der Waals surface area contributed by atoms with Crippen LogP contribution in [-0.2, 0) is 0 Å². The number of hydrogen-bond donors (Lipinski definition) is 2. The minimum Gasteiger partial charge on any atom is -0.367 e. The predicted molar refractivity (Wildman–Crippen MR) is 48.3 cm³/mol. The predicted octanol–water partition coefficient (Wildman–Crippen LogP) is 1.91. The van der Waals surface area contributed by atoms with Crippen LogP contribution in [0.15, 0.2) is 30.9 Å². The van der Waals surface area contributed by atoms with Gasteiger partial charge in [-0.15, -0.1) is 0 Å². The zero-order valence-corrected chi connectivity index (χ0v) is 6.49. The van der Waals surface area contributed by atoms with E-state index in [0.29, 0.717) is 0 Å². The van der Waals surface area contributed by atoms with Crippen molar-refractivity contribution in [2.24, 2.45) is 0 Å². The number of aromatic nitrogens is 3. The van der Waals surface area contributed by atoms with Crippen molar-refractivity contribution in [2.45, 2.75) is 0 Å². The second-order valence-electron chi connectivity index (χ2n) is 2.51. The lowest BCUT2D eigenvalue weighted by atomic mass is 10.2. The highest BCUT2D eigenvalue weighted by atomic mass is 15.1. The van der Waals surface area contributed by atoms with Gasteiger partial charge < -0.3 is 4.98 Å². The van der Waals surface area contributed by atoms with E-state index in [4.69, 9.17) is 0 Å². The number of aromatic amines is 2. The average molecular weight is 159 g/mol. The third kappa shape index (κ3) is 1.45. The van der Waals surface area contributed by atoms with Gasteiger partial charge in [0, 0.05) is 24.2 Å². The molecule has 0 aliphatic rings. The largest absolute Gasteiger partial charge is 0.367 e. The summed E-state index contributed by atoms with van der Waals surface area (Å²) < 4.78 is 0. The standard InChI is InChI=1S/C9H9N3/c1(8-3-4-10-5-8)2-9-6-11-12-7-9/h1-7,10H,(H,11,12). The Kier molecular flexibility index (Phi) is 1.78. The molecule has 2 aromatic rings. The molecule has 2 N–H and O–H groups in total. The van der Waals surface area contributed by atoms with Crippen LogP contribution < -0.4 is 0 Å². The van der Waals surface area contributed by atoms with E-state index < -0.39 is 0 Å². The van der Waals surface area contributed by atoms with Crippen molar-refractivity contribution in [3.63, 3.8) is 0 Å². The summed E-state index contributed by atoms with van der Waals surface area (Å²) in [6, 6.07) is 2.01. The van der Waals surface area contributed by atoms with Crippen molar-refractivity contribution in [3.05, 3.63) is 42.0 Å². The Bertz CT molecular complexity index is 307. The summed E-state index contributed by atoms with van der Waals surface area (Å²) in [4.78, 5) is 2.99. The summed E-state index contributed by atoms with van der Waals surface area (Å²) >= 11 is 0. The van der Waals surface area contributed by atoms with E-state index in [0.717, 1.165) is 11.1 Å². The topological polar surface area (TPSA) is 44.5 Å². The molecular weight excluding hydrogens is 150 g/mol. The monoisotopic (exact) mass is 159 g/mol. The molecule has 2 aromatic heterocycles. The summed E-state index contributed by atoms with van der Waals surface area (Å²) in [5.41, 5.74) is 2.24. The SMILES string of the molecule is C(=Cc1cn[nH]c1)c1cc[nH]c1. The van der Waals surface area contributed by atoms with E-state index in [1.165, 1.54) is 0 Å². The van der Waals surface area contributed by atoms with Gasteiger partial charge >= 0.3 is 0 Å². The fourth-order valence-corrected chi connectivity index (χ4v) is 0.985. The highest BCUT2D eigenvalue weighted by molar-refractivity contribution is 5.68. The van der Waals surface area contributed by atoms with Crippen LogP contribution in [0.1, 0.15) is 11.1 Å². The molecule has 3 nitrogen and oxygen atoms in total. The van der Waals surface area contributed by atoms with Gasteiger partial charge in [0.25, 0.3) is 0 Å². The molecule has 12 heavy (non-hydrogen) atoms. The maximum atomic E-state index is 3.84. The maximum absolute atomic E-state index is 3.84. The Balaban J connectivity index is 2.14. The molecule has 2 rings (SSSR count). The van der Waals surface area contributed by atoms with Gasteiger partial charge in [-0.2, -0.15) is 5.10 Å². The molecule has 3 heteroatoms. The van der Waals surface area contributed by atoms with E-state index in [-0.39, 0.29) is 0 Å². The van der Waals surface area contributed by atoms with Crippen LogP contribution in [0.3, 0.4) is 0 Å². The average Bonchev–Trinajstić information content (AvgIpc) is 2.74. The number of hydrogen-bond acceptors (Lipinski definition) is 1. The smallest absolute Gasteiger partial charge is 0.0559 e. The molecule has 0 atom stereocenters. The fraction of sp³-hybridized carbons (Fsp3) is 0. The Morgan fingerprint density at radius 1 is 1.17 bits per heavy atom. The Hall–Kier alpha value is -1.77. The molecule has 0 aliphatic carbocycles. The van der Waals surface area contributed by atoms with E-state index in [1.54, 1.807) is 6.20 Å². The second kappa shape index (κ2) is 3.09. The first-order chi connectivity index (χ1) is 5.95. The number of nitrogens with zero attached hydrogens (tertiary/aromatic N) is 1. The van der Waals surface area contributed by atoms with Crippen molar-refractivity contribution in [1.29, 1.82) is 0 Å². The van der Waals surface area contributed by atoms with Gasteiger partial charge in [-0.25, -0.2) is 0 Å². The van der Waals surface area contributed by atoms with Crippen LogP contribution in [-0.4, -0.2) is 15.2 Å². The highest BCUT2D eigenvalue weighted by Crippen LogP contribution is 2.04. The molecule has 0 saturated heterocycles. The molecule has 60 valence electrons. The van der Waals surface area contributed by atoms with Gasteiger partial charge in [-0.1, -0.05) is 12.2 Å². The Labute approximate surface area is 70.1 Å².